The number of hydrogen-bond acceptors (Lipinski definition) is 2. The van der Waals surface area contributed by atoms with Crippen molar-refractivity contribution in [1.29, 1.82) is 0 Å². The number of methoxy groups -OCH3 is 1. The summed E-state index contributed by atoms with van der Waals surface area (Å²) in [6.45, 7) is 2.88. The number of rotatable bonds is 1. The summed E-state index contributed by atoms with van der Waals surface area (Å²) in [7, 11) is 3.25. The zero-order valence-corrected chi connectivity index (χ0v) is 5.40. The third-order valence-electron chi connectivity index (χ3n) is 0.289. The van der Waals surface area contributed by atoms with Gasteiger partial charge in [0, 0.05) is 14.2 Å². The van der Waals surface area contributed by atoms with Gasteiger partial charge in [-0.1, -0.05) is 6.92 Å². The molecule has 7 heavy (non-hydrogen) atoms. The van der Waals surface area contributed by atoms with Crippen LogP contribution in [0.4, 0.5) is 0 Å². The largest absolute Gasteiger partial charge is 0.388 e. The number of ether oxygens (including phenoxy) is 1. The molecule has 0 aromatic carbocycles. The highest BCUT2D eigenvalue weighted by atomic mass is 16.4. The van der Waals surface area contributed by atoms with Crippen LogP contribution in [0.25, 0.3) is 0 Å². The normalized spacial score (nSPS) is 6.86. The smallest absolute Gasteiger partial charge is 0.0351 e. The van der Waals surface area contributed by atoms with Crippen molar-refractivity contribution >= 4 is 0 Å². The second-order valence-electron chi connectivity index (χ2n) is 1.20. The molecule has 0 aromatic rings. The molecule has 0 saturated heterocycles. The van der Waals surface area contributed by atoms with E-state index in [9.17, 15) is 0 Å². The zero-order valence-electron chi connectivity index (χ0n) is 5.40. The molecule has 2 nitrogen and oxygen atoms in total. The van der Waals surface area contributed by atoms with E-state index in [2.05, 4.69) is 11.7 Å². The molecule has 0 bridgehead atoms. The van der Waals surface area contributed by atoms with E-state index in [0.29, 0.717) is 0 Å². The van der Waals surface area contributed by atoms with Gasteiger partial charge in [-0.15, -0.1) is 0 Å². The fourth-order valence-electron chi connectivity index (χ4n) is 0. The average molecular weight is 105 g/mol. The van der Waals surface area contributed by atoms with Crippen molar-refractivity contribution in [1.82, 2.24) is 0 Å². The van der Waals surface area contributed by atoms with Crippen molar-refractivity contribution < 1.29 is 4.74 Å². The number of hydrogen-bond donors (Lipinski definition) is 1. The first-order valence-electron chi connectivity index (χ1n) is 2.43. The van der Waals surface area contributed by atoms with E-state index in [1.165, 1.54) is 0 Å². The van der Waals surface area contributed by atoms with E-state index in [4.69, 9.17) is 5.73 Å². The molecule has 2 heteroatoms. The first-order chi connectivity index (χ1) is 3.33. The maximum Gasteiger partial charge on any atom is 0.0351 e. The lowest BCUT2D eigenvalue weighted by atomic mass is 10.5. The molecule has 0 fully saturated rings. The molecule has 0 aliphatic heterocycles. The molecule has 0 amide bonds. The summed E-state index contributed by atoms with van der Waals surface area (Å²) in [6, 6.07) is 0. The van der Waals surface area contributed by atoms with E-state index in [1.807, 2.05) is 0 Å². The summed E-state index contributed by atoms with van der Waals surface area (Å²) in [5.41, 5.74) is 5.03. The minimum Gasteiger partial charge on any atom is -0.388 e. The first kappa shape index (κ1) is 10.0. The predicted molar refractivity (Wildman–Crippen MR) is 32.3 cm³/mol. The van der Waals surface area contributed by atoms with Crippen LogP contribution in [0.3, 0.4) is 0 Å². The molecule has 46 valence electrons. The second kappa shape index (κ2) is 16.8. The third-order valence-corrected chi connectivity index (χ3v) is 0.289. The molecule has 0 rings (SSSR count). The van der Waals surface area contributed by atoms with Gasteiger partial charge in [-0.2, -0.15) is 0 Å². The monoisotopic (exact) mass is 105 g/mol. The number of nitrogens with two attached hydrogens (primary N) is 1. The third kappa shape index (κ3) is 107. The Hall–Kier alpha value is -0.0800. The molecule has 2 N–H and O–H groups in total. The van der Waals surface area contributed by atoms with Crippen molar-refractivity contribution in [3.63, 3.8) is 0 Å². The van der Waals surface area contributed by atoms with Crippen LogP contribution in [0.5, 0.6) is 0 Å². The van der Waals surface area contributed by atoms with Crippen molar-refractivity contribution in [3.8, 4) is 0 Å². The zero-order chi connectivity index (χ0) is 6.12. The maximum atomic E-state index is 5.03. The molecule has 0 aliphatic carbocycles. The minimum absolute atomic E-state index is 0.819. The summed E-state index contributed by atoms with van der Waals surface area (Å²) in [5, 5.41) is 0. The van der Waals surface area contributed by atoms with Crippen LogP contribution in [0, 0.1) is 0 Å². The maximum absolute atomic E-state index is 5.03. The standard InChI is InChI=1S/C3H9N.C2H6O/c1-2-3-4;1-3-2/h2-4H2,1H3;1-2H3. The molecule has 0 aromatic heterocycles. The fraction of sp³-hybridized carbons (Fsp3) is 1.00. The first-order valence-corrected chi connectivity index (χ1v) is 2.43. The van der Waals surface area contributed by atoms with Gasteiger partial charge in [0.25, 0.3) is 0 Å². The predicted octanol–water partition coefficient (Wildman–Crippen LogP) is 0.618. The lowest BCUT2D eigenvalue weighted by Crippen LogP contribution is -1.93. The molecule has 0 saturated carbocycles. The van der Waals surface area contributed by atoms with E-state index in [1.54, 1.807) is 14.2 Å². The molecule has 0 radical (unpaired) electrons. The van der Waals surface area contributed by atoms with Gasteiger partial charge in [0.15, 0.2) is 0 Å². The van der Waals surface area contributed by atoms with Crippen molar-refractivity contribution in [2.24, 2.45) is 5.73 Å². The summed E-state index contributed by atoms with van der Waals surface area (Å²) in [6.07, 6.45) is 1.10. The highest BCUT2D eigenvalue weighted by Crippen LogP contribution is 1.57. The molecule has 0 aliphatic rings. The summed E-state index contributed by atoms with van der Waals surface area (Å²) in [4.78, 5) is 0. The van der Waals surface area contributed by atoms with Gasteiger partial charge in [-0.25, -0.2) is 0 Å². The SMILES string of the molecule is CCCN.COC. The Morgan fingerprint density at radius 1 is 1.43 bits per heavy atom. The van der Waals surface area contributed by atoms with Gasteiger partial charge < -0.3 is 10.5 Å². The Bertz CT molecular complexity index is 15.6. The van der Waals surface area contributed by atoms with Crippen molar-refractivity contribution in [2.45, 2.75) is 13.3 Å². The summed E-state index contributed by atoms with van der Waals surface area (Å²) >= 11 is 0. The van der Waals surface area contributed by atoms with Gasteiger partial charge >= 0.3 is 0 Å². The molecule has 0 spiro atoms. The molecule has 0 atom stereocenters. The van der Waals surface area contributed by atoms with Crippen LogP contribution in [-0.4, -0.2) is 20.8 Å². The van der Waals surface area contributed by atoms with Crippen molar-refractivity contribution in [2.75, 3.05) is 20.8 Å². The Kier molecular flexibility index (Phi) is 24.1. The van der Waals surface area contributed by atoms with Crippen LogP contribution in [0.1, 0.15) is 13.3 Å². The Labute approximate surface area is 45.7 Å². The fourth-order valence-corrected chi connectivity index (χ4v) is 0. The lowest BCUT2D eigenvalue weighted by Gasteiger charge is -1.70. The van der Waals surface area contributed by atoms with Crippen LogP contribution >= 0.6 is 0 Å². The Morgan fingerprint density at radius 2 is 1.57 bits per heavy atom. The van der Waals surface area contributed by atoms with E-state index < -0.39 is 0 Å². The van der Waals surface area contributed by atoms with Gasteiger partial charge in [-0.3, -0.25) is 0 Å². The van der Waals surface area contributed by atoms with E-state index in [-0.39, 0.29) is 0 Å². The van der Waals surface area contributed by atoms with Gasteiger partial charge in [0.1, 0.15) is 0 Å². The molecule has 0 unspecified atom stereocenters. The highest BCUT2D eigenvalue weighted by Gasteiger charge is 1.55. The van der Waals surface area contributed by atoms with Gasteiger partial charge in [0.2, 0.25) is 0 Å². The Balaban J connectivity index is 0. The summed E-state index contributed by atoms with van der Waals surface area (Å²) < 4.78 is 4.25. The quantitative estimate of drug-likeness (QED) is 0.530. The van der Waals surface area contributed by atoms with Gasteiger partial charge in [0.05, 0.1) is 0 Å². The van der Waals surface area contributed by atoms with Crippen LogP contribution in [-0.2, 0) is 4.74 Å². The highest BCUT2D eigenvalue weighted by molar-refractivity contribution is 4.19. The summed E-state index contributed by atoms with van der Waals surface area (Å²) in [5.74, 6) is 0. The minimum atomic E-state index is 0.819. The lowest BCUT2D eigenvalue weighted by molar-refractivity contribution is 0.277. The Morgan fingerprint density at radius 3 is 1.57 bits per heavy atom. The van der Waals surface area contributed by atoms with Crippen LogP contribution in [0.15, 0.2) is 0 Å². The molecular formula is C5H15NO. The molecular weight excluding hydrogens is 90.1 g/mol. The van der Waals surface area contributed by atoms with Crippen LogP contribution < -0.4 is 5.73 Å². The van der Waals surface area contributed by atoms with E-state index >= 15 is 0 Å². The second-order valence-corrected chi connectivity index (χ2v) is 1.20. The molecule has 0 heterocycles. The topological polar surface area (TPSA) is 35.2 Å². The van der Waals surface area contributed by atoms with E-state index in [0.717, 1.165) is 13.0 Å². The van der Waals surface area contributed by atoms with Crippen molar-refractivity contribution in [3.05, 3.63) is 0 Å². The average Bonchev–Trinajstić information content (AvgIpc) is 1.69. The van der Waals surface area contributed by atoms with Gasteiger partial charge in [-0.05, 0) is 13.0 Å². The van der Waals surface area contributed by atoms with Crippen LogP contribution in [0.2, 0.25) is 0 Å².